The summed E-state index contributed by atoms with van der Waals surface area (Å²) in [5.41, 5.74) is 7.56. The van der Waals surface area contributed by atoms with Gasteiger partial charge in [-0.05, 0) is 52.0 Å². The van der Waals surface area contributed by atoms with E-state index in [0.717, 1.165) is 0 Å². The van der Waals surface area contributed by atoms with Gasteiger partial charge in [0.25, 0.3) is 5.91 Å². The van der Waals surface area contributed by atoms with Gasteiger partial charge in [0.1, 0.15) is 29.3 Å². The number of anilines is 1. The molecule has 0 aliphatic rings. The molecule has 2 amide bonds. The lowest BCUT2D eigenvalue weighted by atomic mass is 10.0. The fourth-order valence-electron chi connectivity index (χ4n) is 3.90. The number of rotatable bonds is 7. The minimum absolute atomic E-state index is 0.0511. The molecule has 1 atom stereocenters. The molecule has 11 nitrogen and oxygen atoms in total. The standard InChI is InChI=1S/C27H32FN7O4/c1-15(19-11-17(28)8-9-18(19)25(36)31-5)38-22-10-16(13-32-24(22)30)23-20(33-35(7)21(23)12-29)14-34(6)26(37)39-27(2,3)4/h8-11,13,15H,14H2,1-7H3,(H2,30,32)(H,31,36)/t15-/m1/s1. The summed E-state index contributed by atoms with van der Waals surface area (Å²) in [6.45, 7) is 7.00. The Morgan fingerprint density at radius 2 is 2.00 bits per heavy atom. The number of carbonyl (C=O) groups is 2. The smallest absolute Gasteiger partial charge is 0.410 e. The van der Waals surface area contributed by atoms with Crippen LogP contribution < -0.4 is 15.8 Å². The zero-order valence-corrected chi connectivity index (χ0v) is 23.0. The van der Waals surface area contributed by atoms with Crippen molar-refractivity contribution in [3.63, 3.8) is 0 Å². The van der Waals surface area contributed by atoms with Crippen molar-refractivity contribution in [1.29, 1.82) is 5.26 Å². The van der Waals surface area contributed by atoms with Gasteiger partial charge >= 0.3 is 6.09 Å². The highest BCUT2D eigenvalue weighted by Gasteiger charge is 2.25. The lowest BCUT2D eigenvalue weighted by Crippen LogP contribution is -2.34. The van der Waals surface area contributed by atoms with Gasteiger partial charge in [-0.15, -0.1) is 0 Å². The number of halogens is 1. The second-order valence-electron chi connectivity index (χ2n) is 9.92. The molecule has 3 aromatic rings. The van der Waals surface area contributed by atoms with Gasteiger partial charge in [0.05, 0.1) is 12.2 Å². The number of hydrogen-bond donors (Lipinski definition) is 2. The Labute approximate surface area is 226 Å². The third kappa shape index (κ3) is 6.62. The van der Waals surface area contributed by atoms with Gasteiger partial charge in [0.2, 0.25) is 0 Å². The largest absolute Gasteiger partial charge is 0.482 e. The van der Waals surface area contributed by atoms with Gasteiger partial charge < -0.3 is 25.4 Å². The van der Waals surface area contributed by atoms with Gasteiger partial charge in [-0.25, -0.2) is 14.2 Å². The number of amides is 2. The molecule has 206 valence electrons. The van der Waals surface area contributed by atoms with Crippen molar-refractivity contribution in [2.45, 2.75) is 45.9 Å². The van der Waals surface area contributed by atoms with Crippen LogP contribution in [-0.4, -0.2) is 51.4 Å². The van der Waals surface area contributed by atoms with Gasteiger partial charge in [-0.2, -0.15) is 10.4 Å². The summed E-state index contributed by atoms with van der Waals surface area (Å²) in [6, 6.07) is 7.52. The maximum absolute atomic E-state index is 14.1. The van der Waals surface area contributed by atoms with Crippen LogP contribution in [0.3, 0.4) is 0 Å². The molecule has 3 N–H and O–H groups in total. The number of nitriles is 1. The van der Waals surface area contributed by atoms with Crippen LogP contribution in [0.15, 0.2) is 30.5 Å². The Morgan fingerprint density at radius 1 is 1.31 bits per heavy atom. The van der Waals surface area contributed by atoms with Crippen molar-refractivity contribution in [2.75, 3.05) is 19.8 Å². The Kier molecular flexibility index (Phi) is 8.44. The van der Waals surface area contributed by atoms with E-state index in [1.54, 1.807) is 47.9 Å². The average molecular weight is 538 g/mol. The molecule has 39 heavy (non-hydrogen) atoms. The molecule has 12 heteroatoms. The van der Waals surface area contributed by atoms with E-state index in [2.05, 4.69) is 21.5 Å². The van der Waals surface area contributed by atoms with Gasteiger partial charge in [0.15, 0.2) is 11.6 Å². The SMILES string of the molecule is CNC(=O)c1ccc(F)cc1[C@@H](C)Oc1cc(-c2c(CN(C)C(=O)OC(C)(C)C)nn(C)c2C#N)cnc1N. The molecule has 0 saturated carbocycles. The zero-order valence-electron chi connectivity index (χ0n) is 23.0. The number of nitrogen functional groups attached to an aromatic ring is 1. The summed E-state index contributed by atoms with van der Waals surface area (Å²) < 4.78 is 26.9. The lowest BCUT2D eigenvalue weighted by Gasteiger charge is -2.24. The molecule has 0 aliphatic heterocycles. The third-order valence-corrected chi connectivity index (χ3v) is 5.72. The van der Waals surface area contributed by atoms with Crippen LogP contribution in [0.5, 0.6) is 5.75 Å². The van der Waals surface area contributed by atoms with Crippen molar-refractivity contribution in [2.24, 2.45) is 7.05 Å². The van der Waals surface area contributed by atoms with E-state index in [1.165, 1.54) is 41.0 Å². The maximum Gasteiger partial charge on any atom is 0.410 e. The quantitative estimate of drug-likeness (QED) is 0.460. The fraction of sp³-hybridized carbons (Fsp3) is 0.370. The summed E-state index contributed by atoms with van der Waals surface area (Å²) in [6.07, 6.45) is 0.141. The number of aryl methyl sites for hydroxylation is 1. The predicted molar refractivity (Wildman–Crippen MR) is 142 cm³/mol. The maximum atomic E-state index is 14.1. The molecule has 0 bridgehead atoms. The highest BCUT2D eigenvalue weighted by atomic mass is 19.1. The average Bonchev–Trinajstić information content (AvgIpc) is 3.18. The van der Waals surface area contributed by atoms with Crippen LogP contribution in [0.25, 0.3) is 11.1 Å². The molecule has 2 heterocycles. The van der Waals surface area contributed by atoms with Crippen LogP contribution >= 0.6 is 0 Å². The molecule has 0 fully saturated rings. The van der Waals surface area contributed by atoms with E-state index in [-0.39, 0.29) is 29.4 Å². The van der Waals surface area contributed by atoms with Gasteiger partial charge in [-0.3, -0.25) is 9.48 Å². The number of aromatic nitrogens is 3. The minimum atomic E-state index is -0.783. The van der Waals surface area contributed by atoms with Crippen LogP contribution in [0.1, 0.15) is 61.1 Å². The first kappa shape index (κ1) is 28.9. The van der Waals surface area contributed by atoms with Crippen molar-refractivity contribution in [1.82, 2.24) is 25.0 Å². The summed E-state index contributed by atoms with van der Waals surface area (Å²) in [5.74, 6) is -0.710. The zero-order chi connectivity index (χ0) is 29.1. The molecule has 0 spiro atoms. The lowest BCUT2D eigenvalue weighted by molar-refractivity contribution is 0.0283. The minimum Gasteiger partial charge on any atom is -0.482 e. The second-order valence-corrected chi connectivity index (χ2v) is 9.92. The highest BCUT2D eigenvalue weighted by molar-refractivity contribution is 5.95. The summed E-state index contributed by atoms with van der Waals surface area (Å²) in [5, 5.41) is 16.8. The van der Waals surface area contributed by atoms with Gasteiger partial charge in [0, 0.05) is 49.6 Å². The van der Waals surface area contributed by atoms with Crippen LogP contribution in [0, 0.1) is 17.1 Å². The Bertz CT molecular complexity index is 1440. The van der Waals surface area contributed by atoms with Crippen molar-refractivity contribution >= 4 is 17.8 Å². The number of carbonyl (C=O) groups excluding carboxylic acids is 2. The van der Waals surface area contributed by atoms with E-state index in [1.807, 2.05) is 0 Å². The highest BCUT2D eigenvalue weighted by Crippen LogP contribution is 2.35. The first-order valence-electron chi connectivity index (χ1n) is 12.1. The van der Waals surface area contributed by atoms with Crippen molar-refractivity contribution < 1.29 is 23.5 Å². The number of pyridine rings is 1. The molecular weight excluding hydrogens is 505 g/mol. The van der Waals surface area contributed by atoms with Crippen LogP contribution in [-0.2, 0) is 18.3 Å². The molecule has 0 saturated heterocycles. The topological polar surface area (TPSA) is 148 Å². The molecule has 1 aromatic carbocycles. The van der Waals surface area contributed by atoms with Crippen molar-refractivity contribution in [3.8, 4) is 22.9 Å². The molecule has 0 aliphatic carbocycles. The number of ether oxygens (including phenoxy) is 2. The monoisotopic (exact) mass is 537 g/mol. The number of hydrogen-bond acceptors (Lipinski definition) is 8. The summed E-state index contributed by atoms with van der Waals surface area (Å²) in [4.78, 5) is 30.5. The summed E-state index contributed by atoms with van der Waals surface area (Å²) in [7, 11) is 4.66. The number of benzene rings is 1. The van der Waals surface area contributed by atoms with E-state index in [0.29, 0.717) is 22.4 Å². The Balaban J connectivity index is 2.00. The second kappa shape index (κ2) is 11.4. The van der Waals surface area contributed by atoms with E-state index in [4.69, 9.17) is 15.2 Å². The van der Waals surface area contributed by atoms with E-state index in [9.17, 15) is 19.2 Å². The third-order valence-electron chi connectivity index (χ3n) is 5.72. The molecule has 3 rings (SSSR count). The molecular formula is C27H32FN7O4. The van der Waals surface area contributed by atoms with Crippen LogP contribution in [0.2, 0.25) is 0 Å². The number of nitrogens with one attached hydrogen (secondary N) is 1. The first-order chi connectivity index (χ1) is 18.2. The molecule has 2 aromatic heterocycles. The normalized spacial score (nSPS) is 11.9. The Morgan fingerprint density at radius 3 is 2.62 bits per heavy atom. The number of nitrogens with two attached hydrogens (primary N) is 1. The predicted octanol–water partition coefficient (Wildman–Crippen LogP) is 3.94. The van der Waals surface area contributed by atoms with Crippen molar-refractivity contribution in [3.05, 3.63) is 58.8 Å². The van der Waals surface area contributed by atoms with E-state index >= 15 is 0 Å². The summed E-state index contributed by atoms with van der Waals surface area (Å²) >= 11 is 0. The fourth-order valence-corrected chi connectivity index (χ4v) is 3.90. The Hall–Kier alpha value is -4.66. The van der Waals surface area contributed by atoms with E-state index < -0.39 is 29.5 Å². The first-order valence-corrected chi connectivity index (χ1v) is 12.1. The van der Waals surface area contributed by atoms with Crippen LogP contribution in [0.4, 0.5) is 15.0 Å². The van der Waals surface area contributed by atoms with Gasteiger partial charge in [-0.1, -0.05) is 0 Å². The molecule has 0 unspecified atom stereocenters. The molecule has 0 radical (unpaired) electrons. The number of nitrogens with zero attached hydrogens (tertiary/aromatic N) is 5.